The van der Waals surface area contributed by atoms with Crippen LogP contribution in [0.4, 0.5) is 11.4 Å². The second-order valence-corrected chi connectivity index (χ2v) is 6.48. The van der Waals surface area contributed by atoms with Crippen LogP contribution in [0.1, 0.15) is 20.8 Å². The van der Waals surface area contributed by atoms with Crippen molar-refractivity contribution in [3.63, 3.8) is 0 Å². The maximum atomic E-state index is 12.0. The number of ether oxygens (including phenoxy) is 1. The smallest absolute Gasteiger partial charge is 0.325 e. The maximum absolute atomic E-state index is 12.0. The maximum Gasteiger partial charge on any atom is 0.325 e. The Labute approximate surface area is 158 Å². The lowest BCUT2D eigenvalue weighted by Gasteiger charge is -2.11. The van der Waals surface area contributed by atoms with Gasteiger partial charge in [-0.3, -0.25) is 24.5 Å². The first-order chi connectivity index (χ1) is 12.8. The van der Waals surface area contributed by atoms with E-state index in [1.54, 1.807) is 37.4 Å². The second kappa shape index (κ2) is 8.90. The molecule has 142 valence electrons. The van der Waals surface area contributed by atoms with Crippen molar-refractivity contribution in [2.24, 2.45) is 0 Å². The normalized spacial score (nSPS) is 10.1. The van der Waals surface area contributed by atoms with Crippen LogP contribution in [0.5, 0.6) is 0 Å². The Morgan fingerprint density at radius 3 is 2.59 bits per heavy atom. The molecule has 1 aromatic heterocycles. The minimum Gasteiger partial charge on any atom is -0.454 e. The molecule has 2 aromatic rings. The number of carbonyl (C=O) groups excluding carboxylic acids is 3. The SMILES string of the molecule is Cc1ccc([N+](=O)[O-])c(NC(=O)COC(=O)CNC(=O)c2cccs2)c1C. The summed E-state index contributed by atoms with van der Waals surface area (Å²) in [7, 11) is 0. The van der Waals surface area contributed by atoms with E-state index in [1.165, 1.54) is 17.4 Å². The first kappa shape index (κ1) is 20.0. The molecule has 2 rings (SSSR count). The van der Waals surface area contributed by atoms with Gasteiger partial charge in [0.05, 0.1) is 9.80 Å². The number of nitro groups is 1. The van der Waals surface area contributed by atoms with Gasteiger partial charge in [0.1, 0.15) is 12.2 Å². The molecule has 1 aromatic carbocycles. The summed E-state index contributed by atoms with van der Waals surface area (Å²) in [5.74, 6) is -1.94. The number of thiophene rings is 1. The van der Waals surface area contributed by atoms with E-state index >= 15 is 0 Å². The highest BCUT2D eigenvalue weighted by atomic mass is 32.1. The van der Waals surface area contributed by atoms with Crippen LogP contribution in [0.3, 0.4) is 0 Å². The number of carbonyl (C=O) groups is 3. The van der Waals surface area contributed by atoms with Crippen molar-refractivity contribution in [1.29, 1.82) is 0 Å². The third-order valence-corrected chi connectivity index (χ3v) is 4.55. The summed E-state index contributed by atoms with van der Waals surface area (Å²) in [6.07, 6.45) is 0. The molecule has 0 fully saturated rings. The van der Waals surface area contributed by atoms with Gasteiger partial charge in [0, 0.05) is 6.07 Å². The molecule has 0 saturated carbocycles. The molecular weight excluding hydrogens is 374 g/mol. The quantitative estimate of drug-likeness (QED) is 0.423. The second-order valence-electron chi connectivity index (χ2n) is 5.53. The highest BCUT2D eigenvalue weighted by molar-refractivity contribution is 7.12. The fourth-order valence-corrected chi connectivity index (χ4v) is 2.77. The van der Waals surface area contributed by atoms with Crippen LogP contribution < -0.4 is 10.6 Å². The van der Waals surface area contributed by atoms with Gasteiger partial charge >= 0.3 is 5.97 Å². The molecule has 2 N–H and O–H groups in total. The van der Waals surface area contributed by atoms with Crippen LogP contribution >= 0.6 is 11.3 Å². The molecule has 2 amide bonds. The van der Waals surface area contributed by atoms with E-state index in [-0.39, 0.29) is 11.4 Å². The summed E-state index contributed by atoms with van der Waals surface area (Å²) in [4.78, 5) is 46.3. The van der Waals surface area contributed by atoms with Crippen molar-refractivity contribution < 1.29 is 24.0 Å². The number of rotatable bonds is 7. The van der Waals surface area contributed by atoms with Gasteiger partial charge in [0.15, 0.2) is 6.61 Å². The fraction of sp³-hybridized carbons (Fsp3) is 0.235. The van der Waals surface area contributed by atoms with Crippen LogP contribution in [-0.4, -0.2) is 35.9 Å². The standard InChI is InChI=1S/C17H17N3O6S/c1-10-5-6-12(20(24)25)16(11(10)2)19-14(21)9-26-15(22)8-18-17(23)13-4-3-7-27-13/h3-7H,8-9H2,1-2H3,(H,18,23)(H,19,21). The fourth-order valence-electron chi connectivity index (χ4n) is 2.13. The topological polar surface area (TPSA) is 128 Å². The van der Waals surface area contributed by atoms with E-state index in [4.69, 9.17) is 4.74 Å². The van der Waals surface area contributed by atoms with Crippen LogP contribution in [0.15, 0.2) is 29.6 Å². The van der Waals surface area contributed by atoms with Gasteiger partial charge in [-0.25, -0.2) is 0 Å². The number of nitrogens with zero attached hydrogens (tertiary/aromatic N) is 1. The van der Waals surface area contributed by atoms with Crippen molar-refractivity contribution in [2.45, 2.75) is 13.8 Å². The Kier molecular flexibility index (Phi) is 6.61. The van der Waals surface area contributed by atoms with Crippen LogP contribution in [0, 0.1) is 24.0 Å². The van der Waals surface area contributed by atoms with Crippen molar-refractivity contribution in [3.05, 3.63) is 55.8 Å². The van der Waals surface area contributed by atoms with Gasteiger partial charge in [0.25, 0.3) is 17.5 Å². The zero-order chi connectivity index (χ0) is 20.0. The van der Waals surface area contributed by atoms with Crippen molar-refractivity contribution in [1.82, 2.24) is 5.32 Å². The minimum atomic E-state index is -0.800. The van der Waals surface area contributed by atoms with E-state index in [9.17, 15) is 24.5 Å². The predicted molar refractivity (Wildman–Crippen MR) is 98.8 cm³/mol. The van der Waals surface area contributed by atoms with Gasteiger partial charge in [-0.1, -0.05) is 12.1 Å². The van der Waals surface area contributed by atoms with Crippen LogP contribution in [0.2, 0.25) is 0 Å². The number of hydrogen-bond donors (Lipinski definition) is 2. The molecule has 0 aliphatic rings. The number of nitro benzene ring substituents is 1. The lowest BCUT2D eigenvalue weighted by molar-refractivity contribution is -0.384. The van der Waals surface area contributed by atoms with Crippen LogP contribution in [0.25, 0.3) is 0 Å². The van der Waals surface area contributed by atoms with Gasteiger partial charge in [-0.2, -0.15) is 0 Å². The lowest BCUT2D eigenvalue weighted by atomic mass is 10.1. The molecule has 10 heteroatoms. The van der Waals surface area contributed by atoms with Crippen molar-refractivity contribution >= 4 is 40.5 Å². The average molecular weight is 391 g/mol. The van der Waals surface area contributed by atoms with E-state index in [2.05, 4.69) is 10.6 Å². The molecular formula is C17H17N3O6S. The Bertz CT molecular complexity index is 879. The number of amides is 2. The highest BCUT2D eigenvalue weighted by Gasteiger charge is 2.20. The van der Waals surface area contributed by atoms with Gasteiger partial charge in [0.2, 0.25) is 0 Å². The molecule has 1 heterocycles. The summed E-state index contributed by atoms with van der Waals surface area (Å²) >= 11 is 1.22. The molecule has 9 nitrogen and oxygen atoms in total. The lowest BCUT2D eigenvalue weighted by Crippen LogP contribution is -2.32. The summed E-state index contributed by atoms with van der Waals surface area (Å²) < 4.78 is 4.78. The third kappa shape index (κ3) is 5.35. The number of aryl methyl sites for hydroxylation is 1. The minimum absolute atomic E-state index is 0.0621. The zero-order valence-electron chi connectivity index (χ0n) is 14.6. The van der Waals surface area contributed by atoms with Gasteiger partial charge in [-0.15, -0.1) is 11.3 Å². The Hall–Kier alpha value is -3.27. The number of anilines is 1. The molecule has 0 atom stereocenters. The number of esters is 1. The Morgan fingerprint density at radius 2 is 1.96 bits per heavy atom. The Morgan fingerprint density at radius 1 is 1.22 bits per heavy atom. The van der Waals surface area contributed by atoms with Crippen molar-refractivity contribution in [2.75, 3.05) is 18.5 Å². The number of hydrogen-bond acceptors (Lipinski definition) is 7. The highest BCUT2D eigenvalue weighted by Crippen LogP contribution is 2.30. The van der Waals surface area contributed by atoms with E-state index in [0.717, 1.165) is 5.56 Å². The molecule has 0 bridgehead atoms. The van der Waals surface area contributed by atoms with E-state index < -0.39 is 35.9 Å². The first-order valence-electron chi connectivity index (χ1n) is 7.81. The number of nitrogens with one attached hydrogen (secondary N) is 2. The molecule has 0 radical (unpaired) electrons. The third-order valence-electron chi connectivity index (χ3n) is 3.68. The number of benzene rings is 1. The molecule has 27 heavy (non-hydrogen) atoms. The first-order valence-corrected chi connectivity index (χ1v) is 8.69. The monoisotopic (exact) mass is 391 g/mol. The van der Waals surface area contributed by atoms with E-state index in [0.29, 0.717) is 10.4 Å². The largest absolute Gasteiger partial charge is 0.454 e. The summed E-state index contributed by atoms with van der Waals surface area (Å²) in [5, 5.41) is 17.6. The van der Waals surface area contributed by atoms with Gasteiger partial charge in [-0.05, 0) is 36.4 Å². The molecule has 0 aliphatic carbocycles. The molecule has 0 aliphatic heterocycles. The van der Waals surface area contributed by atoms with Crippen molar-refractivity contribution in [3.8, 4) is 0 Å². The molecule has 0 saturated heterocycles. The summed E-state index contributed by atoms with van der Waals surface area (Å²) in [6.45, 7) is 2.38. The zero-order valence-corrected chi connectivity index (χ0v) is 15.4. The van der Waals surface area contributed by atoms with Gasteiger partial charge < -0.3 is 15.4 Å². The summed E-state index contributed by atoms with van der Waals surface area (Å²) in [5.41, 5.74) is 1.13. The van der Waals surface area contributed by atoms with Crippen LogP contribution in [-0.2, 0) is 14.3 Å². The molecule has 0 spiro atoms. The summed E-state index contributed by atoms with van der Waals surface area (Å²) in [6, 6.07) is 6.19. The Balaban J connectivity index is 1.87. The predicted octanol–water partition coefficient (Wildman–Crippen LogP) is 2.18. The van der Waals surface area contributed by atoms with E-state index in [1.807, 2.05) is 0 Å². The molecule has 0 unspecified atom stereocenters. The average Bonchev–Trinajstić information content (AvgIpc) is 3.16.